The number of ether oxygens (including phenoxy) is 1. The van der Waals surface area contributed by atoms with Gasteiger partial charge >= 0.3 is 0 Å². The fraction of sp³-hybridized carbons (Fsp3) is 0.611. The van der Waals surface area contributed by atoms with E-state index in [4.69, 9.17) is 16.3 Å². The molecule has 3 rings (SSSR count). The SMILES string of the molecule is COCC1(CNC(=O)C2CC2c2c(F)cccc2Cl)CCNCC1. The van der Waals surface area contributed by atoms with E-state index in [0.717, 1.165) is 25.9 Å². The van der Waals surface area contributed by atoms with Crippen LogP contribution in [-0.4, -0.2) is 39.3 Å². The molecule has 1 saturated carbocycles. The fourth-order valence-corrected chi connectivity index (χ4v) is 4.01. The van der Waals surface area contributed by atoms with Gasteiger partial charge in [-0.3, -0.25) is 4.79 Å². The molecule has 2 N–H and O–H groups in total. The van der Waals surface area contributed by atoms with E-state index < -0.39 is 0 Å². The smallest absolute Gasteiger partial charge is 0.223 e. The Kier molecular flexibility index (Phi) is 5.42. The summed E-state index contributed by atoms with van der Waals surface area (Å²) in [7, 11) is 1.70. The number of nitrogens with one attached hydrogen (secondary N) is 2. The van der Waals surface area contributed by atoms with E-state index in [9.17, 15) is 9.18 Å². The molecule has 2 aliphatic rings. The van der Waals surface area contributed by atoms with Gasteiger partial charge in [0.1, 0.15) is 5.82 Å². The highest BCUT2D eigenvalue weighted by atomic mass is 35.5. The molecule has 1 aromatic carbocycles. The van der Waals surface area contributed by atoms with Crippen molar-refractivity contribution < 1.29 is 13.9 Å². The van der Waals surface area contributed by atoms with Crippen LogP contribution >= 0.6 is 11.6 Å². The zero-order chi connectivity index (χ0) is 17.2. The second-order valence-corrected chi connectivity index (χ2v) is 7.39. The van der Waals surface area contributed by atoms with Gasteiger partial charge in [-0.15, -0.1) is 0 Å². The number of piperidine rings is 1. The van der Waals surface area contributed by atoms with Gasteiger partial charge in [-0.25, -0.2) is 4.39 Å². The molecule has 2 fully saturated rings. The molecule has 4 nitrogen and oxygen atoms in total. The van der Waals surface area contributed by atoms with Crippen LogP contribution in [0.15, 0.2) is 18.2 Å². The third-order valence-corrected chi connectivity index (χ3v) is 5.58. The standard InChI is InChI=1S/C18H24ClFN2O2/c1-24-11-18(5-7-21-8-6-18)10-22-17(23)13-9-12(13)16-14(19)3-2-4-15(16)20/h2-4,12-13,21H,5-11H2,1H3,(H,22,23). The highest BCUT2D eigenvalue weighted by molar-refractivity contribution is 6.31. The van der Waals surface area contributed by atoms with Crippen LogP contribution in [0.1, 0.15) is 30.7 Å². The first-order valence-corrected chi connectivity index (χ1v) is 8.85. The van der Waals surface area contributed by atoms with Gasteiger partial charge in [-0.2, -0.15) is 0 Å². The number of amides is 1. The van der Waals surface area contributed by atoms with Crippen LogP contribution in [0.3, 0.4) is 0 Å². The van der Waals surface area contributed by atoms with Crippen molar-refractivity contribution in [1.82, 2.24) is 10.6 Å². The lowest BCUT2D eigenvalue weighted by atomic mass is 9.79. The Morgan fingerprint density at radius 2 is 2.21 bits per heavy atom. The molecule has 1 aromatic rings. The van der Waals surface area contributed by atoms with E-state index in [1.807, 2.05) is 0 Å². The third kappa shape index (κ3) is 3.73. The second-order valence-electron chi connectivity index (χ2n) is 6.98. The van der Waals surface area contributed by atoms with E-state index in [1.165, 1.54) is 6.07 Å². The molecule has 0 bridgehead atoms. The average molecular weight is 355 g/mol. The first kappa shape index (κ1) is 17.6. The molecule has 2 unspecified atom stereocenters. The minimum absolute atomic E-state index is 0.00428. The van der Waals surface area contributed by atoms with Crippen LogP contribution in [-0.2, 0) is 9.53 Å². The summed E-state index contributed by atoms with van der Waals surface area (Å²) in [6.07, 6.45) is 2.62. The molecule has 0 aromatic heterocycles. The number of carbonyl (C=O) groups is 1. The van der Waals surface area contributed by atoms with Crippen molar-refractivity contribution in [2.75, 3.05) is 33.4 Å². The molecule has 6 heteroatoms. The summed E-state index contributed by atoms with van der Waals surface area (Å²) < 4.78 is 19.3. The van der Waals surface area contributed by atoms with E-state index in [-0.39, 0.29) is 29.0 Å². The molecular weight excluding hydrogens is 331 g/mol. The Bertz CT molecular complexity index is 579. The zero-order valence-corrected chi connectivity index (χ0v) is 14.7. The summed E-state index contributed by atoms with van der Waals surface area (Å²) in [5, 5.41) is 6.81. The van der Waals surface area contributed by atoms with Gasteiger partial charge in [0.25, 0.3) is 0 Å². The minimum atomic E-state index is -0.322. The highest BCUT2D eigenvalue weighted by Crippen LogP contribution is 2.50. The number of halogens is 2. The first-order valence-electron chi connectivity index (χ1n) is 8.48. The lowest BCUT2D eigenvalue weighted by Gasteiger charge is -2.37. The van der Waals surface area contributed by atoms with Gasteiger partial charge in [0, 0.05) is 41.5 Å². The molecule has 132 valence electrons. The second kappa shape index (κ2) is 7.38. The molecule has 1 aliphatic carbocycles. The molecule has 2 atom stereocenters. The summed E-state index contributed by atoms with van der Waals surface area (Å²) in [6.45, 7) is 3.13. The maximum Gasteiger partial charge on any atom is 0.223 e. The van der Waals surface area contributed by atoms with Crippen molar-refractivity contribution in [3.05, 3.63) is 34.6 Å². The molecule has 1 aliphatic heterocycles. The van der Waals surface area contributed by atoms with Crippen LogP contribution < -0.4 is 10.6 Å². The van der Waals surface area contributed by atoms with Crippen molar-refractivity contribution in [2.24, 2.45) is 11.3 Å². The van der Waals surface area contributed by atoms with Gasteiger partial charge in [0.2, 0.25) is 5.91 Å². The van der Waals surface area contributed by atoms with Crippen LogP contribution in [0, 0.1) is 17.2 Å². The van der Waals surface area contributed by atoms with Gasteiger partial charge in [0.15, 0.2) is 0 Å². The summed E-state index contributed by atoms with van der Waals surface area (Å²) in [5.41, 5.74) is 0.475. The minimum Gasteiger partial charge on any atom is -0.384 e. The number of hydrogen-bond donors (Lipinski definition) is 2. The largest absolute Gasteiger partial charge is 0.384 e. The average Bonchev–Trinajstić information content (AvgIpc) is 3.34. The molecule has 1 saturated heterocycles. The Morgan fingerprint density at radius 3 is 2.88 bits per heavy atom. The fourth-order valence-electron chi connectivity index (χ4n) is 3.71. The third-order valence-electron chi connectivity index (χ3n) is 5.25. The van der Waals surface area contributed by atoms with E-state index in [2.05, 4.69) is 10.6 Å². The number of rotatable bonds is 6. The predicted octanol–water partition coefficient (Wildman–Crippen LogP) is 2.72. The lowest BCUT2D eigenvalue weighted by Crippen LogP contribution is -2.47. The number of carbonyl (C=O) groups excluding carboxylic acids is 1. The summed E-state index contributed by atoms with van der Waals surface area (Å²) in [4.78, 5) is 12.5. The van der Waals surface area contributed by atoms with Gasteiger partial charge in [-0.1, -0.05) is 17.7 Å². The molecule has 1 amide bonds. The maximum atomic E-state index is 14.0. The number of hydrogen-bond acceptors (Lipinski definition) is 3. The summed E-state index contributed by atoms with van der Waals surface area (Å²) in [5.74, 6) is -0.615. The van der Waals surface area contributed by atoms with Crippen molar-refractivity contribution in [1.29, 1.82) is 0 Å². The first-order chi connectivity index (χ1) is 11.6. The molecular formula is C18H24ClFN2O2. The maximum absolute atomic E-state index is 14.0. The molecule has 0 radical (unpaired) electrons. The normalized spacial score (nSPS) is 25.3. The quantitative estimate of drug-likeness (QED) is 0.825. The summed E-state index contributed by atoms with van der Waals surface area (Å²) in [6, 6.07) is 4.66. The topological polar surface area (TPSA) is 50.4 Å². The Labute approximate surface area is 147 Å². The van der Waals surface area contributed by atoms with Crippen LogP contribution in [0.5, 0.6) is 0 Å². The monoisotopic (exact) mass is 354 g/mol. The predicted molar refractivity (Wildman–Crippen MR) is 91.7 cm³/mol. The van der Waals surface area contributed by atoms with Crippen molar-refractivity contribution in [3.63, 3.8) is 0 Å². The molecule has 1 heterocycles. The van der Waals surface area contributed by atoms with Crippen LogP contribution in [0.2, 0.25) is 5.02 Å². The Morgan fingerprint density at radius 1 is 1.46 bits per heavy atom. The van der Waals surface area contributed by atoms with E-state index in [0.29, 0.717) is 30.2 Å². The van der Waals surface area contributed by atoms with E-state index >= 15 is 0 Å². The molecule has 0 spiro atoms. The van der Waals surface area contributed by atoms with E-state index in [1.54, 1.807) is 19.2 Å². The number of methoxy groups -OCH3 is 1. The highest BCUT2D eigenvalue weighted by Gasteiger charge is 2.46. The lowest BCUT2D eigenvalue weighted by molar-refractivity contribution is -0.123. The van der Waals surface area contributed by atoms with Gasteiger partial charge in [0.05, 0.1) is 6.61 Å². The van der Waals surface area contributed by atoms with Crippen molar-refractivity contribution >= 4 is 17.5 Å². The molecule has 24 heavy (non-hydrogen) atoms. The Balaban J connectivity index is 1.58. The van der Waals surface area contributed by atoms with Gasteiger partial charge in [-0.05, 0) is 44.5 Å². The Hall–Kier alpha value is -1.17. The van der Waals surface area contributed by atoms with Crippen LogP contribution in [0.4, 0.5) is 4.39 Å². The number of benzene rings is 1. The van der Waals surface area contributed by atoms with Gasteiger partial charge < -0.3 is 15.4 Å². The van der Waals surface area contributed by atoms with Crippen molar-refractivity contribution in [2.45, 2.75) is 25.2 Å². The zero-order valence-electron chi connectivity index (χ0n) is 13.9. The summed E-state index contributed by atoms with van der Waals surface area (Å²) >= 11 is 6.10. The van der Waals surface area contributed by atoms with Crippen molar-refractivity contribution in [3.8, 4) is 0 Å². The van der Waals surface area contributed by atoms with Crippen LogP contribution in [0.25, 0.3) is 0 Å².